The van der Waals surface area contributed by atoms with Gasteiger partial charge in [-0.15, -0.1) is 0 Å². The number of nitrogens with one attached hydrogen (secondary N) is 1. The Hall–Kier alpha value is -1.58. The summed E-state index contributed by atoms with van der Waals surface area (Å²) in [4.78, 5) is 15.0. The minimum atomic E-state index is -0.435. The summed E-state index contributed by atoms with van der Waals surface area (Å²) >= 11 is 0. The molecule has 1 fully saturated rings. The lowest BCUT2D eigenvalue weighted by Gasteiger charge is -2.10. The minimum absolute atomic E-state index is 0.435. The molecule has 0 atom stereocenters. The molecule has 86 valence electrons. The first-order chi connectivity index (χ1) is 7.75. The molecule has 1 aromatic heterocycles. The van der Waals surface area contributed by atoms with Crippen LogP contribution in [0.4, 0.5) is 5.82 Å². The average Bonchev–Trinajstić information content (AvgIpc) is 2.80. The Morgan fingerprint density at radius 3 is 2.75 bits per heavy atom. The summed E-state index contributed by atoms with van der Waals surface area (Å²) in [5.41, 5.74) is 5.59. The molecule has 0 aliphatic heterocycles. The molecule has 0 spiro atoms. The third-order valence-corrected chi connectivity index (χ3v) is 3.09. The van der Waals surface area contributed by atoms with Gasteiger partial charge in [0.05, 0.1) is 5.56 Å². The smallest absolute Gasteiger partial charge is 0.250 e. The molecule has 0 unspecified atom stereocenters. The molecule has 0 radical (unpaired) electrons. The normalized spacial score (nSPS) is 16.2. The lowest BCUT2D eigenvalue weighted by atomic mass is 10.1. The molecule has 0 bridgehead atoms. The molecular weight excluding hydrogens is 202 g/mol. The summed E-state index contributed by atoms with van der Waals surface area (Å²) in [7, 11) is 0. The van der Waals surface area contributed by atoms with Gasteiger partial charge in [-0.05, 0) is 30.9 Å². The number of hydrogen-bond donors (Lipinski definition) is 2. The predicted octanol–water partition coefficient (Wildman–Crippen LogP) is 1.78. The van der Waals surface area contributed by atoms with Crippen molar-refractivity contribution in [2.75, 3.05) is 11.9 Å². The van der Waals surface area contributed by atoms with Crippen LogP contribution in [0.5, 0.6) is 0 Å². The number of amides is 1. The van der Waals surface area contributed by atoms with Gasteiger partial charge in [-0.1, -0.05) is 12.8 Å². The number of hydrogen-bond acceptors (Lipinski definition) is 3. The van der Waals surface area contributed by atoms with Crippen LogP contribution in [0.25, 0.3) is 0 Å². The molecule has 0 aromatic carbocycles. The maximum atomic E-state index is 10.8. The van der Waals surface area contributed by atoms with E-state index in [0.29, 0.717) is 5.56 Å². The topological polar surface area (TPSA) is 68.0 Å². The Balaban J connectivity index is 1.87. The number of carbonyl (C=O) groups is 1. The van der Waals surface area contributed by atoms with Crippen LogP contribution in [0, 0.1) is 5.92 Å². The second-order valence-electron chi connectivity index (χ2n) is 4.33. The highest BCUT2D eigenvalue weighted by atomic mass is 16.1. The number of aromatic nitrogens is 1. The molecule has 3 N–H and O–H groups in total. The van der Waals surface area contributed by atoms with Crippen LogP contribution in [0.2, 0.25) is 0 Å². The maximum Gasteiger partial charge on any atom is 0.250 e. The second kappa shape index (κ2) is 4.96. The van der Waals surface area contributed by atoms with Crippen molar-refractivity contribution in [3.8, 4) is 0 Å². The lowest BCUT2D eigenvalue weighted by molar-refractivity contribution is 0.1000. The number of pyridine rings is 1. The number of anilines is 1. The van der Waals surface area contributed by atoms with Crippen LogP contribution < -0.4 is 11.1 Å². The van der Waals surface area contributed by atoms with E-state index in [4.69, 9.17) is 5.73 Å². The van der Waals surface area contributed by atoms with Crippen molar-refractivity contribution in [2.24, 2.45) is 11.7 Å². The van der Waals surface area contributed by atoms with Gasteiger partial charge in [0.25, 0.3) is 0 Å². The molecule has 0 saturated heterocycles. The predicted molar refractivity (Wildman–Crippen MR) is 63.2 cm³/mol. The zero-order chi connectivity index (χ0) is 11.4. The zero-order valence-electron chi connectivity index (χ0n) is 9.28. The Kier molecular flexibility index (Phi) is 3.39. The van der Waals surface area contributed by atoms with Crippen LogP contribution in [-0.2, 0) is 0 Å². The number of nitrogens with zero attached hydrogens (tertiary/aromatic N) is 1. The van der Waals surface area contributed by atoms with E-state index in [1.807, 2.05) is 0 Å². The summed E-state index contributed by atoms with van der Waals surface area (Å²) in [6, 6.07) is 3.50. The van der Waals surface area contributed by atoms with Crippen molar-refractivity contribution in [1.82, 2.24) is 4.98 Å². The molecule has 1 saturated carbocycles. The molecule has 4 nitrogen and oxygen atoms in total. The summed E-state index contributed by atoms with van der Waals surface area (Å²) in [6.45, 7) is 0.975. The molecule has 1 aliphatic rings. The minimum Gasteiger partial charge on any atom is -0.370 e. The Morgan fingerprint density at radius 2 is 2.19 bits per heavy atom. The average molecular weight is 219 g/mol. The van der Waals surface area contributed by atoms with Crippen LogP contribution in [-0.4, -0.2) is 17.4 Å². The van der Waals surface area contributed by atoms with Crippen LogP contribution in [0.3, 0.4) is 0 Å². The number of nitrogens with two attached hydrogens (primary N) is 1. The Bertz CT molecular complexity index is 355. The van der Waals surface area contributed by atoms with Gasteiger partial charge in [-0.25, -0.2) is 4.98 Å². The van der Waals surface area contributed by atoms with E-state index in [2.05, 4.69) is 10.3 Å². The summed E-state index contributed by atoms with van der Waals surface area (Å²) < 4.78 is 0. The van der Waals surface area contributed by atoms with Crippen molar-refractivity contribution in [3.63, 3.8) is 0 Å². The third-order valence-electron chi connectivity index (χ3n) is 3.09. The van der Waals surface area contributed by atoms with Gasteiger partial charge in [-0.3, -0.25) is 4.79 Å². The molecule has 1 aromatic rings. The highest BCUT2D eigenvalue weighted by Gasteiger charge is 2.14. The van der Waals surface area contributed by atoms with Crippen molar-refractivity contribution in [1.29, 1.82) is 0 Å². The first-order valence-corrected chi connectivity index (χ1v) is 5.75. The van der Waals surface area contributed by atoms with E-state index in [1.54, 1.807) is 12.1 Å². The Morgan fingerprint density at radius 1 is 1.44 bits per heavy atom. The van der Waals surface area contributed by atoms with Gasteiger partial charge < -0.3 is 11.1 Å². The van der Waals surface area contributed by atoms with Crippen molar-refractivity contribution in [2.45, 2.75) is 25.7 Å². The third kappa shape index (κ3) is 2.72. The zero-order valence-corrected chi connectivity index (χ0v) is 9.28. The molecule has 4 heteroatoms. The van der Waals surface area contributed by atoms with E-state index in [9.17, 15) is 4.79 Å². The lowest BCUT2D eigenvalue weighted by Crippen LogP contribution is -2.14. The van der Waals surface area contributed by atoms with Crippen molar-refractivity contribution < 1.29 is 4.79 Å². The van der Waals surface area contributed by atoms with E-state index < -0.39 is 5.91 Å². The van der Waals surface area contributed by atoms with E-state index >= 15 is 0 Å². The summed E-state index contributed by atoms with van der Waals surface area (Å²) in [5.74, 6) is 1.16. The van der Waals surface area contributed by atoms with Gasteiger partial charge in [0.1, 0.15) is 5.82 Å². The number of primary amides is 1. The van der Waals surface area contributed by atoms with Gasteiger partial charge >= 0.3 is 0 Å². The van der Waals surface area contributed by atoms with Gasteiger partial charge in [0.2, 0.25) is 5.91 Å². The Labute approximate surface area is 95.3 Å². The van der Waals surface area contributed by atoms with Crippen LogP contribution in [0.1, 0.15) is 36.0 Å². The number of carbonyl (C=O) groups excluding carboxylic acids is 1. The fraction of sp³-hybridized carbons (Fsp3) is 0.500. The first-order valence-electron chi connectivity index (χ1n) is 5.75. The SMILES string of the molecule is NC(=O)c1ccc(NCC2CCCC2)nc1. The van der Waals surface area contributed by atoms with Crippen molar-refractivity contribution in [3.05, 3.63) is 23.9 Å². The van der Waals surface area contributed by atoms with Crippen LogP contribution in [0.15, 0.2) is 18.3 Å². The maximum absolute atomic E-state index is 10.8. The second-order valence-corrected chi connectivity index (χ2v) is 4.33. The monoisotopic (exact) mass is 219 g/mol. The standard InChI is InChI=1S/C12H17N3O/c13-12(16)10-5-6-11(15-8-10)14-7-9-3-1-2-4-9/h5-6,8-9H,1-4,7H2,(H2,13,16)(H,14,15). The summed E-state index contributed by atoms with van der Waals surface area (Å²) in [5, 5.41) is 3.29. The quantitative estimate of drug-likeness (QED) is 0.811. The molecule has 16 heavy (non-hydrogen) atoms. The first kappa shape index (κ1) is 10.9. The van der Waals surface area contributed by atoms with E-state index in [-0.39, 0.29) is 0 Å². The largest absolute Gasteiger partial charge is 0.370 e. The molecule has 1 aliphatic carbocycles. The van der Waals surface area contributed by atoms with Crippen LogP contribution >= 0.6 is 0 Å². The molecule has 1 amide bonds. The molecular formula is C12H17N3O. The fourth-order valence-corrected chi connectivity index (χ4v) is 2.11. The van der Waals surface area contributed by atoms with E-state index in [0.717, 1.165) is 18.3 Å². The van der Waals surface area contributed by atoms with Crippen molar-refractivity contribution >= 4 is 11.7 Å². The fourth-order valence-electron chi connectivity index (χ4n) is 2.11. The highest BCUT2D eigenvalue weighted by Crippen LogP contribution is 2.24. The molecule has 2 rings (SSSR count). The highest BCUT2D eigenvalue weighted by molar-refractivity contribution is 5.92. The van der Waals surface area contributed by atoms with Gasteiger partial charge in [0, 0.05) is 12.7 Å². The van der Waals surface area contributed by atoms with Gasteiger partial charge in [0.15, 0.2) is 0 Å². The number of rotatable bonds is 4. The molecule has 1 heterocycles. The summed E-state index contributed by atoms with van der Waals surface area (Å²) in [6.07, 6.45) is 6.83. The van der Waals surface area contributed by atoms with Gasteiger partial charge in [-0.2, -0.15) is 0 Å². The van der Waals surface area contributed by atoms with E-state index in [1.165, 1.54) is 31.9 Å².